The molecule has 304 valence electrons. The molecule has 0 radical (unpaired) electrons. The number of alkyl halides is 1. The van der Waals surface area contributed by atoms with Gasteiger partial charge in [-0.05, 0) is 93.5 Å². The smallest absolute Gasteiger partial charge is 0.410 e. The van der Waals surface area contributed by atoms with Gasteiger partial charge in [0.25, 0.3) is 0 Å². The standard InChI is InChI=1S/C43H50F3N5O6/c1-6-24-9-7-10-25-17-28(56-23-53-5)18-29(32(24)25)33-35(45)37-34-38(36(33)46)54-16-13-30-31-12-11-27(51(31)41(52)57-42(2,3)4)21-50(30)39(34)48-40(47-37)55-22-43-14-8-15-49(43)20-26(44)19-43/h7,9-10,17-18,26-27,30-31H,6,8,11-16,19-23H2,1-5H3/t26-,27?,30+,31?,43+/m1/s1. The average molecular weight is 790 g/mol. The molecular weight excluding hydrogens is 739 g/mol. The molecule has 0 N–H and O–H groups in total. The average Bonchev–Trinajstić information content (AvgIpc) is 3.81. The summed E-state index contributed by atoms with van der Waals surface area (Å²) >= 11 is 0. The molecule has 5 atom stereocenters. The molecule has 4 aromatic rings. The summed E-state index contributed by atoms with van der Waals surface area (Å²) in [4.78, 5) is 29.3. The SMILES string of the molecule is CCc1cccc2cc(OCOC)cc(-c3c(F)c4c5c(nc(OC[C@@]67CCCN6C[C@H](F)C7)nc5c3F)N3CC5CCC([C@@H]3CCO4)N5C(=O)OC(C)(C)C)c12. The Balaban J connectivity index is 1.23. The molecule has 6 heterocycles. The van der Waals surface area contributed by atoms with E-state index in [0.717, 1.165) is 43.2 Å². The van der Waals surface area contributed by atoms with E-state index in [1.54, 1.807) is 6.07 Å². The van der Waals surface area contributed by atoms with Gasteiger partial charge in [-0.2, -0.15) is 9.97 Å². The summed E-state index contributed by atoms with van der Waals surface area (Å²) in [5.41, 5.74) is -0.443. The van der Waals surface area contributed by atoms with Gasteiger partial charge < -0.3 is 28.6 Å². The first-order valence-electron chi connectivity index (χ1n) is 20.2. The minimum Gasteiger partial charge on any atom is -0.490 e. The van der Waals surface area contributed by atoms with E-state index < -0.39 is 28.9 Å². The summed E-state index contributed by atoms with van der Waals surface area (Å²) in [5.74, 6) is -1.25. The van der Waals surface area contributed by atoms with Crippen molar-refractivity contribution in [1.29, 1.82) is 0 Å². The molecule has 2 bridgehead atoms. The van der Waals surface area contributed by atoms with E-state index in [1.165, 1.54) is 7.11 Å². The number of piperazine rings is 1. The van der Waals surface area contributed by atoms with Crippen LogP contribution in [0.3, 0.4) is 0 Å². The lowest BCUT2D eigenvalue weighted by atomic mass is 9.91. The molecule has 0 aliphatic carbocycles. The molecule has 11 nitrogen and oxygen atoms in total. The van der Waals surface area contributed by atoms with Crippen LogP contribution in [-0.2, 0) is 15.9 Å². The molecule has 0 spiro atoms. The maximum atomic E-state index is 17.8. The largest absolute Gasteiger partial charge is 0.490 e. The van der Waals surface area contributed by atoms with Gasteiger partial charge in [0.05, 0.1) is 41.2 Å². The third-order valence-electron chi connectivity index (χ3n) is 12.5. The Bertz CT molecular complexity index is 2240. The number of aromatic nitrogens is 2. The molecule has 4 fully saturated rings. The topological polar surface area (TPSA) is 98.7 Å². The van der Waals surface area contributed by atoms with Crippen molar-refractivity contribution in [3.63, 3.8) is 0 Å². The third kappa shape index (κ3) is 6.47. The predicted molar refractivity (Wildman–Crippen MR) is 209 cm³/mol. The number of nitrogens with zero attached hydrogens (tertiary/aromatic N) is 5. The van der Waals surface area contributed by atoms with Crippen LogP contribution in [0, 0.1) is 11.6 Å². The van der Waals surface area contributed by atoms with Crippen LogP contribution < -0.4 is 19.1 Å². The number of amides is 1. The zero-order chi connectivity index (χ0) is 39.8. The maximum absolute atomic E-state index is 17.8. The fourth-order valence-corrected chi connectivity index (χ4v) is 10.2. The Morgan fingerprint density at radius 3 is 2.67 bits per heavy atom. The lowest BCUT2D eigenvalue weighted by molar-refractivity contribution is 0.00637. The zero-order valence-electron chi connectivity index (χ0n) is 33.2. The van der Waals surface area contributed by atoms with Gasteiger partial charge in [-0.25, -0.2) is 18.0 Å². The molecule has 2 unspecified atom stereocenters. The van der Waals surface area contributed by atoms with Crippen molar-refractivity contribution < 1.29 is 41.7 Å². The van der Waals surface area contributed by atoms with E-state index in [9.17, 15) is 9.18 Å². The summed E-state index contributed by atoms with van der Waals surface area (Å²) in [6.45, 7) is 9.19. The van der Waals surface area contributed by atoms with Crippen molar-refractivity contribution in [1.82, 2.24) is 19.8 Å². The van der Waals surface area contributed by atoms with Crippen LogP contribution in [0.15, 0.2) is 30.3 Å². The van der Waals surface area contributed by atoms with Crippen molar-refractivity contribution in [2.24, 2.45) is 0 Å². The molecule has 14 heteroatoms. The highest BCUT2D eigenvalue weighted by Gasteiger charge is 2.52. The van der Waals surface area contributed by atoms with Crippen LogP contribution >= 0.6 is 0 Å². The Kier molecular flexibility index (Phi) is 9.57. The summed E-state index contributed by atoms with van der Waals surface area (Å²) in [7, 11) is 1.50. The number of rotatable bonds is 8. The molecule has 57 heavy (non-hydrogen) atoms. The summed E-state index contributed by atoms with van der Waals surface area (Å²) in [6.07, 6.45) is 3.19. The van der Waals surface area contributed by atoms with Crippen LogP contribution in [0.2, 0.25) is 0 Å². The van der Waals surface area contributed by atoms with Gasteiger partial charge in [0, 0.05) is 33.0 Å². The number of benzene rings is 3. The Labute approximate surface area is 330 Å². The number of carbonyl (C=O) groups is 1. The number of hydrogen-bond acceptors (Lipinski definition) is 10. The number of anilines is 1. The number of fused-ring (bicyclic) bond motifs is 7. The molecule has 9 rings (SSSR count). The number of carbonyl (C=O) groups excluding carboxylic acids is 1. The van der Waals surface area contributed by atoms with Gasteiger partial charge in [0.1, 0.15) is 35.5 Å². The predicted octanol–water partition coefficient (Wildman–Crippen LogP) is 7.97. The van der Waals surface area contributed by atoms with Crippen LogP contribution in [-0.4, -0.2) is 108 Å². The highest BCUT2D eigenvalue weighted by atomic mass is 19.1. The minimum atomic E-state index is -0.966. The summed E-state index contributed by atoms with van der Waals surface area (Å²) in [5, 5.41) is 1.54. The lowest BCUT2D eigenvalue weighted by Crippen LogP contribution is -2.62. The second-order valence-electron chi connectivity index (χ2n) is 17.2. The number of hydrogen-bond donors (Lipinski definition) is 0. The maximum Gasteiger partial charge on any atom is 0.410 e. The summed E-state index contributed by atoms with van der Waals surface area (Å²) < 4.78 is 79.7. The van der Waals surface area contributed by atoms with Crippen molar-refractivity contribution in [2.75, 3.05) is 51.7 Å². The van der Waals surface area contributed by atoms with E-state index in [2.05, 4.69) is 9.80 Å². The summed E-state index contributed by atoms with van der Waals surface area (Å²) in [6, 6.07) is 8.37. The van der Waals surface area contributed by atoms with Gasteiger partial charge in [0.2, 0.25) is 0 Å². The van der Waals surface area contributed by atoms with E-state index in [4.69, 9.17) is 33.7 Å². The first-order chi connectivity index (χ1) is 27.4. The lowest BCUT2D eigenvalue weighted by Gasteiger charge is -2.48. The Morgan fingerprint density at radius 2 is 1.88 bits per heavy atom. The fraction of sp³-hybridized carbons (Fsp3) is 0.558. The second-order valence-corrected chi connectivity index (χ2v) is 17.2. The van der Waals surface area contributed by atoms with E-state index in [0.29, 0.717) is 49.1 Å². The van der Waals surface area contributed by atoms with Crippen molar-refractivity contribution in [2.45, 2.75) is 108 Å². The van der Waals surface area contributed by atoms with E-state index in [-0.39, 0.29) is 78.3 Å². The number of aryl methyl sites for hydroxylation is 1. The zero-order valence-corrected chi connectivity index (χ0v) is 33.2. The van der Waals surface area contributed by atoms with E-state index in [1.807, 2.05) is 56.9 Å². The van der Waals surface area contributed by atoms with Crippen molar-refractivity contribution in [3.05, 3.63) is 47.5 Å². The molecule has 1 amide bonds. The van der Waals surface area contributed by atoms with E-state index >= 15 is 8.78 Å². The number of halogens is 3. The van der Waals surface area contributed by atoms with Crippen molar-refractivity contribution in [3.8, 4) is 28.6 Å². The Hall–Kier alpha value is -4.56. The first kappa shape index (κ1) is 38.0. The molecular formula is C43H50F3N5O6. The second kappa shape index (κ2) is 14.4. The highest BCUT2D eigenvalue weighted by molar-refractivity contribution is 6.05. The number of methoxy groups -OCH3 is 1. The van der Waals surface area contributed by atoms with Gasteiger partial charge in [0.15, 0.2) is 24.2 Å². The van der Waals surface area contributed by atoms with Gasteiger partial charge >= 0.3 is 12.1 Å². The van der Waals surface area contributed by atoms with Crippen LogP contribution in [0.4, 0.5) is 23.8 Å². The molecule has 1 aromatic heterocycles. The molecule has 5 aliphatic heterocycles. The number of ether oxygens (including phenoxy) is 5. The van der Waals surface area contributed by atoms with Crippen LogP contribution in [0.1, 0.15) is 71.8 Å². The minimum absolute atomic E-state index is 0.0564. The van der Waals surface area contributed by atoms with Crippen LogP contribution in [0.25, 0.3) is 32.8 Å². The molecule has 5 aliphatic rings. The van der Waals surface area contributed by atoms with Gasteiger partial charge in [-0.3, -0.25) is 9.80 Å². The van der Waals surface area contributed by atoms with Crippen molar-refractivity contribution >= 4 is 33.6 Å². The fourth-order valence-electron chi connectivity index (χ4n) is 10.2. The monoisotopic (exact) mass is 789 g/mol. The third-order valence-corrected chi connectivity index (χ3v) is 12.5. The molecule has 3 aromatic carbocycles. The molecule has 0 saturated carbocycles. The molecule has 4 saturated heterocycles. The van der Waals surface area contributed by atoms with Gasteiger partial charge in [-0.1, -0.05) is 25.1 Å². The highest BCUT2D eigenvalue weighted by Crippen LogP contribution is 2.49. The Morgan fingerprint density at radius 1 is 1.04 bits per heavy atom. The van der Waals surface area contributed by atoms with Gasteiger partial charge in [-0.15, -0.1) is 0 Å². The first-order valence-corrected chi connectivity index (χ1v) is 20.2. The normalized spacial score (nSPS) is 25.6. The van der Waals surface area contributed by atoms with Crippen LogP contribution in [0.5, 0.6) is 17.5 Å². The quantitative estimate of drug-likeness (QED) is 0.164.